The van der Waals surface area contributed by atoms with Crippen LogP contribution in [0.1, 0.15) is 55.9 Å². The Morgan fingerprint density at radius 3 is 2.63 bits per heavy atom. The zero-order chi connectivity index (χ0) is 24.0. The SMILES string of the molecule is O=C(C1CCN(S(=O)(=O)c2cc(-c3noc(C4CCC4)n3)cs2)CC1)N1CCCc2ccccc21. The number of carbonyl (C=O) groups excluding carboxylic acids is 1. The van der Waals surface area contributed by atoms with E-state index in [0.29, 0.717) is 49.1 Å². The van der Waals surface area contributed by atoms with Gasteiger partial charge in [0.15, 0.2) is 0 Å². The monoisotopic (exact) mass is 512 g/mol. The van der Waals surface area contributed by atoms with Crippen molar-refractivity contribution < 1.29 is 17.7 Å². The van der Waals surface area contributed by atoms with Crippen LogP contribution in [-0.4, -0.2) is 48.4 Å². The van der Waals surface area contributed by atoms with Crippen molar-refractivity contribution in [3.05, 3.63) is 47.2 Å². The number of sulfonamides is 1. The molecule has 0 atom stereocenters. The molecule has 4 heterocycles. The van der Waals surface area contributed by atoms with E-state index in [1.54, 1.807) is 11.4 Å². The topological polar surface area (TPSA) is 96.6 Å². The lowest BCUT2D eigenvalue weighted by molar-refractivity contribution is -0.123. The summed E-state index contributed by atoms with van der Waals surface area (Å²) in [6.45, 7) is 1.41. The maximum Gasteiger partial charge on any atom is 0.252 e. The van der Waals surface area contributed by atoms with Crippen LogP contribution in [0.5, 0.6) is 0 Å². The molecule has 2 fully saturated rings. The van der Waals surface area contributed by atoms with Crippen LogP contribution >= 0.6 is 11.3 Å². The van der Waals surface area contributed by atoms with Crippen molar-refractivity contribution >= 4 is 33.0 Å². The summed E-state index contributed by atoms with van der Waals surface area (Å²) in [7, 11) is -3.63. The van der Waals surface area contributed by atoms with Gasteiger partial charge in [0, 0.05) is 48.1 Å². The number of aromatic nitrogens is 2. The molecule has 2 aliphatic heterocycles. The van der Waals surface area contributed by atoms with Crippen molar-refractivity contribution in [2.45, 2.75) is 55.1 Å². The van der Waals surface area contributed by atoms with Gasteiger partial charge >= 0.3 is 0 Å². The van der Waals surface area contributed by atoms with E-state index in [0.717, 1.165) is 37.9 Å². The molecule has 0 bridgehead atoms. The summed E-state index contributed by atoms with van der Waals surface area (Å²) in [5.74, 6) is 1.38. The molecule has 3 aliphatic rings. The molecule has 1 aromatic carbocycles. The van der Waals surface area contributed by atoms with Crippen LogP contribution < -0.4 is 4.90 Å². The highest BCUT2D eigenvalue weighted by molar-refractivity contribution is 7.91. The first kappa shape index (κ1) is 22.9. The van der Waals surface area contributed by atoms with Gasteiger partial charge in [-0.05, 0) is 56.2 Å². The molecule has 1 saturated heterocycles. The fourth-order valence-electron chi connectivity index (χ4n) is 5.20. The predicted molar refractivity (Wildman–Crippen MR) is 133 cm³/mol. The third-order valence-corrected chi connectivity index (χ3v) is 10.8. The Morgan fingerprint density at radius 2 is 1.86 bits per heavy atom. The molecular weight excluding hydrogens is 484 g/mol. The van der Waals surface area contributed by atoms with Gasteiger partial charge in [-0.2, -0.15) is 9.29 Å². The number of aryl methyl sites for hydroxylation is 1. The molecular formula is C25H28N4O4S2. The van der Waals surface area contributed by atoms with E-state index in [1.807, 2.05) is 23.1 Å². The van der Waals surface area contributed by atoms with Crippen molar-refractivity contribution in [2.75, 3.05) is 24.5 Å². The molecule has 6 rings (SSSR count). The summed E-state index contributed by atoms with van der Waals surface area (Å²) >= 11 is 1.18. The molecule has 1 amide bonds. The van der Waals surface area contributed by atoms with Crippen LogP contribution in [0.3, 0.4) is 0 Å². The van der Waals surface area contributed by atoms with E-state index in [-0.39, 0.29) is 16.0 Å². The largest absolute Gasteiger partial charge is 0.339 e. The minimum atomic E-state index is -3.63. The summed E-state index contributed by atoms with van der Waals surface area (Å²) in [6.07, 6.45) is 6.32. The number of anilines is 1. The molecule has 10 heteroatoms. The first-order chi connectivity index (χ1) is 17.0. The van der Waals surface area contributed by atoms with Crippen LogP contribution in [0.2, 0.25) is 0 Å². The van der Waals surface area contributed by atoms with Crippen LogP contribution in [0, 0.1) is 5.92 Å². The summed E-state index contributed by atoms with van der Waals surface area (Å²) in [5, 5.41) is 5.83. The van der Waals surface area contributed by atoms with Gasteiger partial charge in [0.2, 0.25) is 17.6 Å². The van der Waals surface area contributed by atoms with E-state index < -0.39 is 10.0 Å². The molecule has 1 saturated carbocycles. The molecule has 2 aromatic heterocycles. The molecule has 8 nitrogen and oxygen atoms in total. The van der Waals surface area contributed by atoms with Crippen molar-refractivity contribution in [3.63, 3.8) is 0 Å². The average Bonchev–Trinajstić information content (AvgIpc) is 3.53. The number of para-hydroxylation sites is 1. The second kappa shape index (κ2) is 9.15. The molecule has 0 spiro atoms. The normalized spacial score (nSPS) is 19.9. The highest BCUT2D eigenvalue weighted by atomic mass is 32.2. The number of benzene rings is 1. The van der Waals surface area contributed by atoms with Crippen LogP contribution in [0.15, 0.2) is 44.4 Å². The lowest BCUT2D eigenvalue weighted by Crippen LogP contribution is -2.45. The average molecular weight is 513 g/mol. The first-order valence-electron chi connectivity index (χ1n) is 12.3. The van der Waals surface area contributed by atoms with Crippen LogP contribution in [-0.2, 0) is 21.2 Å². The van der Waals surface area contributed by atoms with E-state index in [1.165, 1.54) is 27.6 Å². The molecule has 0 unspecified atom stereocenters. The summed E-state index contributed by atoms with van der Waals surface area (Å²) < 4.78 is 33.8. The number of fused-ring (bicyclic) bond motifs is 1. The van der Waals surface area contributed by atoms with Crippen LogP contribution in [0.4, 0.5) is 5.69 Å². The van der Waals surface area contributed by atoms with Crippen molar-refractivity contribution in [1.82, 2.24) is 14.4 Å². The number of piperidine rings is 1. The predicted octanol–water partition coefficient (Wildman–Crippen LogP) is 4.45. The number of nitrogens with zero attached hydrogens (tertiary/aromatic N) is 4. The van der Waals surface area contributed by atoms with Gasteiger partial charge in [-0.3, -0.25) is 4.79 Å². The van der Waals surface area contributed by atoms with Gasteiger partial charge in [0.25, 0.3) is 10.0 Å². The Morgan fingerprint density at radius 1 is 1.06 bits per heavy atom. The van der Waals surface area contributed by atoms with Gasteiger partial charge < -0.3 is 9.42 Å². The minimum absolute atomic E-state index is 0.118. The third-order valence-electron chi connectivity index (χ3n) is 7.50. The maximum atomic E-state index is 13.3. The van der Waals surface area contributed by atoms with Gasteiger partial charge in [-0.1, -0.05) is 29.8 Å². The Kier molecular flexibility index (Phi) is 5.98. The highest BCUT2D eigenvalue weighted by Crippen LogP contribution is 2.37. The Labute approximate surface area is 209 Å². The number of amides is 1. The fraction of sp³-hybridized carbons (Fsp3) is 0.480. The summed E-state index contributed by atoms with van der Waals surface area (Å²) in [5.41, 5.74) is 2.88. The number of hydrogen-bond acceptors (Lipinski definition) is 7. The molecule has 184 valence electrons. The minimum Gasteiger partial charge on any atom is -0.339 e. The molecule has 3 aromatic rings. The zero-order valence-corrected chi connectivity index (χ0v) is 21.1. The third kappa shape index (κ3) is 4.21. The molecule has 1 aliphatic carbocycles. The number of thiophene rings is 1. The van der Waals surface area contributed by atoms with Crippen LogP contribution in [0.25, 0.3) is 11.4 Å². The van der Waals surface area contributed by atoms with Gasteiger partial charge in [-0.25, -0.2) is 8.42 Å². The standard InChI is InChI=1S/C25H28N4O4S2/c30-25(29-12-4-8-17-5-1-2-9-21(17)29)19-10-13-28(14-11-19)35(31,32)22-15-20(16-34-22)23-26-24(33-27-23)18-6-3-7-18/h1-2,5,9,15-16,18-19H,3-4,6-8,10-14H2. The number of hydrogen-bond donors (Lipinski definition) is 0. The lowest BCUT2D eigenvalue weighted by atomic mass is 9.85. The van der Waals surface area contributed by atoms with Crippen molar-refractivity contribution in [1.29, 1.82) is 0 Å². The highest BCUT2D eigenvalue weighted by Gasteiger charge is 2.36. The second-order valence-corrected chi connectivity index (χ2v) is 12.7. The quantitative estimate of drug-likeness (QED) is 0.501. The Hall–Kier alpha value is -2.56. The summed E-state index contributed by atoms with van der Waals surface area (Å²) in [6, 6.07) is 9.72. The fourth-order valence-corrected chi connectivity index (χ4v) is 7.98. The molecule has 35 heavy (non-hydrogen) atoms. The van der Waals surface area contributed by atoms with Crippen molar-refractivity contribution in [3.8, 4) is 11.4 Å². The van der Waals surface area contributed by atoms with Gasteiger partial charge in [0.1, 0.15) is 4.21 Å². The zero-order valence-electron chi connectivity index (χ0n) is 19.4. The Bertz CT molecular complexity index is 1340. The van der Waals surface area contributed by atoms with Gasteiger partial charge in [-0.15, -0.1) is 11.3 Å². The second-order valence-electron chi connectivity index (χ2n) is 9.64. The van der Waals surface area contributed by atoms with Gasteiger partial charge in [0.05, 0.1) is 0 Å². The molecule has 0 N–H and O–H groups in total. The van der Waals surface area contributed by atoms with Crippen molar-refractivity contribution in [2.24, 2.45) is 5.92 Å². The Balaban J connectivity index is 1.12. The smallest absolute Gasteiger partial charge is 0.252 e. The number of rotatable bonds is 5. The molecule has 0 radical (unpaired) electrons. The van der Waals surface area contributed by atoms with E-state index in [2.05, 4.69) is 16.2 Å². The maximum absolute atomic E-state index is 13.3. The lowest BCUT2D eigenvalue weighted by Gasteiger charge is -2.35. The summed E-state index contributed by atoms with van der Waals surface area (Å²) in [4.78, 5) is 19.7. The van der Waals surface area contributed by atoms with E-state index in [4.69, 9.17) is 4.52 Å². The van der Waals surface area contributed by atoms with E-state index in [9.17, 15) is 13.2 Å². The van der Waals surface area contributed by atoms with E-state index >= 15 is 0 Å². The first-order valence-corrected chi connectivity index (χ1v) is 14.6. The number of carbonyl (C=O) groups is 1.